The zero-order valence-electron chi connectivity index (χ0n) is 10.4. The average Bonchev–Trinajstić information content (AvgIpc) is 2.19. The SMILES string of the molecule is CCCCCCCC(N)C(CC)CC. The van der Waals surface area contributed by atoms with Crippen molar-refractivity contribution in [3.8, 4) is 0 Å². The van der Waals surface area contributed by atoms with Gasteiger partial charge in [-0.05, 0) is 12.3 Å². The minimum Gasteiger partial charge on any atom is -0.327 e. The van der Waals surface area contributed by atoms with Crippen LogP contribution in [0.1, 0.15) is 72.1 Å². The first-order chi connectivity index (χ1) is 6.76. The Balaban J connectivity index is 3.37. The predicted molar refractivity (Wildman–Crippen MR) is 65.4 cm³/mol. The second kappa shape index (κ2) is 9.51. The molecule has 0 aliphatic rings. The fourth-order valence-corrected chi connectivity index (χ4v) is 2.11. The lowest BCUT2D eigenvalue weighted by Crippen LogP contribution is -2.29. The zero-order chi connectivity index (χ0) is 10.8. The van der Waals surface area contributed by atoms with Crippen molar-refractivity contribution >= 4 is 0 Å². The molecule has 0 aromatic rings. The molecule has 0 aromatic heterocycles. The molecule has 0 saturated carbocycles. The molecule has 1 heteroatoms. The van der Waals surface area contributed by atoms with Crippen LogP contribution in [0.2, 0.25) is 0 Å². The van der Waals surface area contributed by atoms with Gasteiger partial charge in [0.1, 0.15) is 0 Å². The molecule has 0 heterocycles. The molecular weight excluding hydrogens is 170 g/mol. The summed E-state index contributed by atoms with van der Waals surface area (Å²) in [5.41, 5.74) is 6.15. The monoisotopic (exact) mass is 199 g/mol. The van der Waals surface area contributed by atoms with Crippen LogP contribution < -0.4 is 5.73 Å². The molecule has 0 radical (unpaired) electrons. The summed E-state index contributed by atoms with van der Waals surface area (Å²) in [7, 11) is 0. The number of hydrogen-bond acceptors (Lipinski definition) is 1. The van der Waals surface area contributed by atoms with E-state index in [2.05, 4.69) is 20.8 Å². The third kappa shape index (κ3) is 6.42. The Labute approximate surface area is 90.5 Å². The summed E-state index contributed by atoms with van der Waals surface area (Å²) in [6, 6.07) is 0.451. The summed E-state index contributed by atoms with van der Waals surface area (Å²) in [6.07, 6.45) is 10.5. The highest BCUT2D eigenvalue weighted by Gasteiger charge is 2.12. The molecule has 0 aliphatic heterocycles. The predicted octanol–water partition coefficient (Wildman–Crippen LogP) is 4.11. The normalized spacial score (nSPS) is 13.5. The van der Waals surface area contributed by atoms with E-state index in [4.69, 9.17) is 5.73 Å². The Morgan fingerprint density at radius 3 is 1.93 bits per heavy atom. The highest BCUT2D eigenvalue weighted by atomic mass is 14.6. The van der Waals surface area contributed by atoms with Gasteiger partial charge in [-0.1, -0.05) is 65.7 Å². The first-order valence-corrected chi connectivity index (χ1v) is 6.51. The van der Waals surface area contributed by atoms with Gasteiger partial charge in [-0.15, -0.1) is 0 Å². The summed E-state index contributed by atoms with van der Waals surface area (Å²) < 4.78 is 0. The van der Waals surface area contributed by atoms with Crippen molar-refractivity contribution in [1.82, 2.24) is 0 Å². The second-order valence-electron chi connectivity index (χ2n) is 4.44. The Hall–Kier alpha value is -0.0400. The molecule has 0 spiro atoms. The van der Waals surface area contributed by atoms with Crippen molar-refractivity contribution in [2.75, 3.05) is 0 Å². The maximum atomic E-state index is 6.15. The van der Waals surface area contributed by atoms with E-state index in [0.717, 1.165) is 5.92 Å². The smallest absolute Gasteiger partial charge is 0.00669 e. The van der Waals surface area contributed by atoms with Crippen molar-refractivity contribution < 1.29 is 0 Å². The first-order valence-electron chi connectivity index (χ1n) is 6.51. The van der Waals surface area contributed by atoms with E-state index in [1.807, 2.05) is 0 Å². The molecule has 86 valence electrons. The van der Waals surface area contributed by atoms with E-state index in [1.54, 1.807) is 0 Å². The van der Waals surface area contributed by atoms with E-state index in [1.165, 1.54) is 51.4 Å². The lowest BCUT2D eigenvalue weighted by molar-refractivity contribution is 0.366. The van der Waals surface area contributed by atoms with Crippen LogP contribution in [0, 0.1) is 5.92 Å². The summed E-state index contributed by atoms with van der Waals surface area (Å²) in [6.45, 7) is 6.77. The van der Waals surface area contributed by atoms with Gasteiger partial charge >= 0.3 is 0 Å². The van der Waals surface area contributed by atoms with Crippen molar-refractivity contribution in [2.24, 2.45) is 11.7 Å². The van der Waals surface area contributed by atoms with Gasteiger partial charge in [-0.2, -0.15) is 0 Å². The number of unbranched alkanes of at least 4 members (excludes halogenated alkanes) is 4. The van der Waals surface area contributed by atoms with Crippen LogP contribution in [0.4, 0.5) is 0 Å². The molecule has 0 aliphatic carbocycles. The minimum absolute atomic E-state index is 0.451. The van der Waals surface area contributed by atoms with Crippen LogP contribution in [0.15, 0.2) is 0 Å². The summed E-state index contributed by atoms with van der Waals surface area (Å²) >= 11 is 0. The van der Waals surface area contributed by atoms with Gasteiger partial charge in [-0.3, -0.25) is 0 Å². The fraction of sp³-hybridized carbons (Fsp3) is 1.00. The quantitative estimate of drug-likeness (QED) is 0.556. The van der Waals surface area contributed by atoms with Crippen LogP contribution >= 0.6 is 0 Å². The summed E-state index contributed by atoms with van der Waals surface area (Å²) in [5.74, 6) is 0.751. The van der Waals surface area contributed by atoms with Crippen molar-refractivity contribution in [3.63, 3.8) is 0 Å². The Kier molecular flexibility index (Phi) is 9.49. The van der Waals surface area contributed by atoms with Crippen molar-refractivity contribution in [2.45, 2.75) is 78.2 Å². The molecule has 0 saturated heterocycles. The maximum absolute atomic E-state index is 6.15. The summed E-state index contributed by atoms with van der Waals surface area (Å²) in [4.78, 5) is 0. The van der Waals surface area contributed by atoms with Gasteiger partial charge in [0.2, 0.25) is 0 Å². The molecule has 14 heavy (non-hydrogen) atoms. The van der Waals surface area contributed by atoms with E-state index >= 15 is 0 Å². The standard InChI is InChI=1S/C13H29N/c1-4-7-8-9-10-11-13(14)12(5-2)6-3/h12-13H,4-11,14H2,1-3H3. The molecule has 0 fully saturated rings. The average molecular weight is 199 g/mol. The maximum Gasteiger partial charge on any atom is 0.00669 e. The van der Waals surface area contributed by atoms with Gasteiger partial charge < -0.3 is 5.73 Å². The third-order valence-electron chi connectivity index (χ3n) is 3.30. The minimum atomic E-state index is 0.451. The lowest BCUT2D eigenvalue weighted by atomic mass is 9.91. The Morgan fingerprint density at radius 2 is 1.43 bits per heavy atom. The molecule has 1 atom stereocenters. The van der Waals surface area contributed by atoms with Crippen LogP contribution in [0.5, 0.6) is 0 Å². The molecule has 0 amide bonds. The molecule has 0 rings (SSSR count). The second-order valence-corrected chi connectivity index (χ2v) is 4.44. The van der Waals surface area contributed by atoms with Crippen LogP contribution in [0.25, 0.3) is 0 Å². The number of rotatable bonds is 9. The van der Waals surface area contributed by atoms with E-state index in [9.17, 15) is 0 Å². The van der Waals surface area contributed by atoms with Gasteiger partial charge in [-0.25, -0.2) is 0 Å². The van der Waals surface area contributed by atoms with Gasteiger partial charge in [0, 0.05) is 6.04 Å². The highest BCUT2D eigenvalue weighted by molar-refractivity contribution is 4.70. The number of nitrogens with two attached hydrogens (primary N) is 1. The first kappa shape index (κ1) is 14.0. The third-order valence-corrected chi connectivity index (χ3v) is 3.30. The topological polar surface area (TPSA) is 26.0 Å². The van der Waals surface area contributed by atoms with Gasteiger partial charge in [0.25, 0.3) is 0 Å². The largest absolute Gasteiger partial charge is 0.327 e. The molecule has 1 nitrogen and oxygen atoms in total. The molecular formula is C13H29N. The molecule has 0 bridgehead atoms. The molecule has 0 aromatic carbocycles. The van der Waals surface area contributed by atoms with Crippen LogP contribution in [0.3, 0.4) is 0 Å². The van der Waals surface area contributed by atoms with Gasteiger partial charge in [0.15, 0.2) is 0 Å². The fourth-order valence-electron chi connectivity index (χ4n) is 2.11. The van der Waals surface area contributed by atoms with E-state index in [-0.39, 0.29) is 0 Å². The highest BCUT2D eigenvalue weighted by Crippen LogP contribution is 2.16. The Bertz CT molecular complexity index is 108. The van der Waals surface area contributed by atoms with Crippen LogP contribution in [-0.4, -0.2) is 6.04 Å². The molecule has 1 unspecified atom stereocenters. The zero-order valence-corrected chi connectivity index (χ0v) is 10.4. The Morgan fingerprint density at radius 1 is 0.857 bits per heavy atom. The summed E-state index contributed by atoms with van der Waals surface area (Å²) in [5, 5.41) is 0. The van der Waals surface area contributed by atoms with Crippen molar-refractivity contribution in [3.05, 3.63) is 0 Å². The van der Waals surface area contributed by atoms with Crippen LogP contribution in [-0.2, 0) is 0 Å². The van der Waals surface area contributed by atoms with Crippen molar-refractivity contribution in [1.29, 1.82) is 0 Å². The van der Waals surface area contributed by atoms with E-state index < -0.39 is 0 Å². The molecule has 2 N–H and O–H groups in total. The van der Waals surface area contributed by atoms with E-state index in [0.29, 0.717) is 6.04 Å². The number of hydrogen-bond donors (Lipinski definition) is 1. The lowest BCUT2D eigenvalue weighted by Gasteiger charge is -2.20. The van der Waals surface area contributed by atoms with Gasteiger partial charge in [0.05, 0.1) is 0 Å².